The highest BCUT2D eigenvalue weighted by molar-refractivity contribution is 6.30. The van der Waals surface area contributed by atoms with Gasteiger partial charge >= 0.3 is 5.97 Å². The maximum Gasteiger partial charge on any atom is 0.359 e. The molecule has 78 valence electrons. The first-order chi connectivity index (χ1) is 7.13. The Kier molecular flexibility index (Phi) is 2.32. The van der Waals surface area contributed by atoms with Gasteiger partial charge in [-0.25, -0.2) is 14.2 Å². The maximum absolute atomic E-state index is 13.5. The van der Waals surface area contributed by atoms with Crippen molar-refractivity contribution in [1.82, 2.24) is 9.38 Å². The van der Waals surface area contributed by atoms with E-state index in [0.717, 1.165) is 6.07 Å². The van der Waals surface area contributed by atoms with E-state index in [0.29, 0.717) is 0 Å². The number of hydrogen-bond donors (Lipinski definition) is 0. The van der Waals surface area contributed by atoms with Gasteiger partial charge in [-0.2, -0.15) is 0 Å². The maximum atomic E-state index is 13.5. The number of methoxy groups -OCH3 is 1. The van der Waals surface area contributed by atoms with Crippen molar-refractivity contribution in [3.63, 3.8) is 0 Å². The molecule has 0 aliphatic heterocycles. The minimum absolute atomic E-state index is 0.0613. The fourth-order valence-corrected chi connectivity index (χ4v) is 1.50. The van der Waals surface area contributed by atoms with Crippen molar-refractivity contribution in [3.05, 3.63) is 35.1 Å². The first-order valence-corrected chi connectivity index (χ1v) is 4.41. The van der Waals surface area contributed by atoms with Crippen LogP contribution >= 0.6 is 11.6 Å². The number of imidazole rings is 1. The number of carbonyl (C=O) groups excluding carboxylic acids is 1. The van der Waals surface area contributed by atoms with Crippen molar-refractivity contribution >= 4 is 23.1 Å². The summed E-state index contributed by atoms with van der Waals surface area (Å²) < 4.78 is 19.3. The van der Waals surface area contributed by atoms with Crippen molar-refractivity contribution in [2.75, 3.05) is 7.11 Å². The second kappa shape index (κ2) is 3.51. The summed E-state index contributed by atoms with van der Waals surface area (Å²) in [5.74, 6) is -1.29. The number of esters is 1. The lowest BCUT2D eigenvalue weighted by molar-refractivity contribution is 0.0596. The Morgan fingerprint density at radius 3 is 3.07 bits per heavy atom. The van der Waals surface area contributed by atoms with Crippen LogP contribution in [0.25, 0.3) is 5.52 Å². The highest BCUT2D eigenvalue weighted by atomic mass is 35.5. The van der Waals surface area contributed by atoms with Crippen LogP contribution in [0.4, 0.5) is 4.39 Å². The lowest BCUT2D eigenvalue weighted by Gasteiger charge is -1.99. The molecule has 0 spiro atoms. The van der Waals surface area contributed by atoms with E-state index in [1.54, 1.807) is 0 Å². The summed E-state index contributed by atoms with van der Waals surface area (Å²) in [5, 5.41) is 0.230. The molecule has 2 aromatic rings. The summed E-state index contributed by atoms with van der Waals surface area (Å²) >= 11 is 5.64. The zero-order valence-electron chi connectivity index (χ0n) is 7.70. The third-order valence-electron chi connectivity index (χ3n) is 1.93. The van der Waals surface area contributed by atoms with Crippen molar-refractivity contribution in [2.45, 2.75) is 0 Å². The molecular formula is C9H6ClFN2O2. The number of pyridine rings is 1. The number of ether oxygens (including phenoxy) is 1. The molecule has 0 aliphatic rings. The third kappa shape index (κ3) is 1.55. The van der Waals surface area contributed by atoms with Crippen molar-refractivity contribution in [3.8, 4) is 0 Å². The molecule has 0 radical (unpaired) electrons. The Morgan fingerprint density at radius 2 is 2.40 bits per heavy atom. The summed E-state index contributed by atoms with van der Waals surface area (Å²) in [6.07, 6.45) is 2.76. The van der Waals surface area contributed by atoms with Gasteiger partial charge in [0.1, 0.15) is 11.8 Å². The van der Waals surface area contributed by atoms with Crippen molar-refractivity contribution in [1.29, 1.82) is 0 Å². The Morgan fingerprint density at radius 1 is 1.67 bits per heavy atom. The lowest BCUT2D eigenvalue weighted by Crippen LogP contribution is -2.03. The van der Waals surface area contributed by atoms with Crippen LogP contribution in [-0.2, 0) is 4.74 Å². The number of rotatable bonds is 1. The number of nitrogens with zero attached hydrogens (tertiary/aromatic N) is 2. The van der Waals surface area contributed by atoms with Crippen LogP contribution in [0.15, 0.2) is 18.6 Å². The minimum atomic E-state index is -0.682. The van der Waals surface area contributed by atoms with E-state index >= 15 is 0 Å². The van der Waals surface area contributed by atoms with Crippen LogP contribution in [0.2, 0.25) is 5.02 Å². The van der Waals surface area contributed by atoms with Crippen molar-refractivity contribution < 1.29 is 13.9 Å². The molecule has 0 bridgehead atoms. The predicted molar refractivity (Wildman–Crippen MR) is 51.5 cm³/mol. The van der Waals surface area contributed by atoms with Gasteiger partial charge in [0.05, 0.1) is 12.1 Å². The molecule has 0 N–H and O–H groups in total. The summed E-state index contributed by atoms with van der Waals surface area (Å²) in [6.45, 7) is 0. The van der Waals surface area contributed by atoms with Crippen LogP contribution in [0.3, 0.4) is 0 Å². The van der Waals surface area contributed by atoms with Gasteiger partial charge in [-0.3, -0.25) is 0 Å². The summed E-state index contributed by atoms with van der Waals surface area (Å²) in [4.78, 5) is 15.0. The van der Waals surface area contributed by atoms with Crippen LogP contribution in [-0.4, -0.2) is 22.5 Å². The molecule has 0 saturated heterocycles. The van der Waals surface area contributed by atoms with E-state index in [1.165, 1.54) is 24.0 Å². The summed E-state index contributed by atoms with van der Waals surface area (Å²) in [7, 11) is 1.21. The predicted octanol–water partition coefficient (Wildman–Crippen LogP) is 1.91. The quantitative estimate of drug-likeness (QED) is 0.701. The Hall–Kier alpha value is -1.62. The molecule has 0 aliphatic carbocycles. The average molecular weight is 229 g/mol. The summed E-state index contributed by atoms with van der Waals surface area (Å²) in [6, 6.07) is 1.12. The normalized spacial score (nSPS) is 10.6. The average Bonchev–Trinajstić information content (AvgIpc) is 2.60. The van der Waals surface area contributed by atoms with E-state index in [9.17, 15) is 9.18 Å². The zero-order valence-corrected chi connectivity index (χ0v) is 8.45. The van der Waals surface area contributed by atoms with E-state index in [1.807, 2.05) is 0 Å². The fraction of sp³-hybridized carbons (Fsp3) is 0.111. The van der Waals surface area contributed by atoms with Crippen molar-refractivity contribution in [2.24, 2.45) is 0 Å². The van der Waals surface area contributed by atoms with Gasteiger partial charge in [-0.05, 0) is 6.07 Å². The molecule has 0 atom stereocenters. The number of halogens is 2. The molecule has 0 saturated carbocycles. The SMILES string of the molecule is COC(=O)c1ncn2cc(Cl)cc(F)c12. The van der Waals surface area contributed by atoms with E-state index < -0.39 is 11.8 Å². The minimum Gasteiger partial charge on any atom is -0.464 e. The highest BCUT2D eigenvalue weighted by Crippen LogP contribution is 2.19. The molecule has 4 nitrogen and oxygen atoms in total. The molecule has 2 heterocycles. The highest BCUT2D eigenvalue weighted by Gasteiger charge is 2.17. The molecule has 6 heteroatoms. The Bertz CT molecular complexity index is 538. The molecule has 15 heavy (non-hydrogen) atoms. The lowest BCUT2D eigenvalue weighted by atomic mass is 10.3. The van der Waals surface area contributed by atoms with Gasteiger partial charge in [0.25, 0.3) is 0 Å². The van der Waals surface area contributed by atoms with Gasteiger partial charge < -0.3 is 9.14 Å². The van der Waals surface area contributed by atoms with E-state index in [-0.39, 0.29) is 16.2 Å². The van der Waals surface area contributed by atoms with Crippen LogP contribution in [0.1, 0.15) is 10.5 Å². The molecule has 0 unspecified atom stereocenters. The van der Waals surface area contributed by atoms with Crippen LogP contribution in [0, 0.1) is 5.82 Å². The number of aromatic nitrogens is 2. The van der Waals surface area contributed by atoms with Gasteiger partial charge in [0.15, 0.2) is 11.5 Å². The molecule has 2 aromatic heterocycles. The first kappa shape index (κ1) is 9.92. The molecule has 0 aromatic carbocycles. The van der Waals surface area contributed by atoms with Gasteiger partial charge in [-0.1, -0.05) is 11.6 Å². The molecule has 0 amide bonds. The Labute approximate surface area is 89.2 Å². The van der Waals surface area contributed by atoms with Gasteiger partial charge in [-0.15, -0.1) is 0 Å². The second-order valence-electron chi connectivity index (χ2n) is 2.85. The number of fused-ring (bicyclic) bond motifs is 1. The first-order valence-electron chi connectivity index (χ1n) is 4.03. The molecule has 0 fully saturated rings. The van der Waals surface area contributed by atoms with Crippen LogP contribution < -0.4 is 0 Å². The van der Waals surface area contributed by atoms with Gasteiger partial charge in [0.2, 0.25) is 0 Å². The third-order valence-corrected chi connectivity index (χ3v) is 2.13. The Balaban J connectivity index is 2.74. The van der Waals surface area contributed by atoms with E-state index in [4.69, 9.17) is 11.6 Å². The monoisotopic (exact) mass is 228 g/mol. The number of carbonyl (C=O) groups is 1. The second-order valence-corrected chi connectivity index (χ2v) is 3.28. The molecule has 2 rings (SSSR count). The number of hydrogen-bond acceptors (Lipinski definition) is 3. The standard InChI is InChI=1S/C9H6ClFN2O2/c1-15-9(14)7-8-6(11)2-5(10)3-13(8)4-12-7/h2-4H,1H3. The topological polar surface area (TPSA) is 43.6 Å². The zero-order chi connectivity index (χ0) is 11.0. The van der Waals surface area contributed by atoms with E-state index in [2.05, 4.69) is 9.72 Å². The van der Waals surface area contributed by atoms with Crippen LogP contribution in [0.5, 0.6) is 0 Å². The molecular weight excluding hydrogens is 223 g/mol. The largest absolute Gasteiger partial charge is 0.464 e. The van der Waals surface area contributed by atoms with Gasteiger partial charge in [0, 0.05) is 6.20 Å². The fourth-order valence-electron chi connectivity index (χ4n) is 1.30. The smallest absolute Gasteiger partial charge is 0.359 e. The summed E-state index contributed by atoms with van der Waals surface area (Å²) in [5.41, 5.74) is -0.00193.